The van der Waals surface area contributed by atoms with Crippen molar-refractivity contribution in [1.82, 2.24) is 4.90 Å². The lowest BCUT2D eigenvalue weighted by atomic mass is 10.1. The summed E-state index contributed by atoms with van der Waals surface area (Å²) in [7, 11) is 0. The summed E-state index contributed by atoms with van der Waals surface area (Å²) in [4.78, 5) is 14.4. The second-order valence-electron chi connectivity index (χ2n) is 8.12. The van der Waals surface area contributed by atoms with Crippen molar-refractivity contribution >= 4 is 18.4 Å². The summed E-state index contributed by atoms with van der Waals surface area (Å²) in [5.41, 5.74) is 4.23. The lowest BCUT2D eigenvalue weighted by Crippen LogP contribution is -2.37. The molecule has 1 fully saturated rings. The Morgan fingerprint density at radius 2 is 1.39 bits per heavy atom. The van der Waals surface area contributed by atoms with Gasteiger partial charge in [0.1, 0.15) is 6.10 Å². The first-order valence-electron chi connectivity index (χ1n) is 10.8. The van der Waals surface area contributed by atoms with Gasteiger partial charge in [-0.05, 0) is 79.2 Å². The topological polar surface area (TPSA) is 29.5 Å². The molecule has 0 aromatic rings. The molecule has 28 heavy (non-hydrogen) atoms. The van der Waals surface area contributed by atoms with Gasteiger partial charge in [0, 0.05) is 19.5 Å². The van der Waals surface area contributed by atoms with Crippen molar-refractivity contribution in [2.45, 2.75) is 92.1 Å². The fraction of sp³-hybridized carbons (Fsp3) is 0.708. The first-order chi connectivity index (χ1) is 12.9. The molecule has 1 aliphatic rings. The van der Waals surface area contributed by atoms with E-state index < -0.39 is 0 Å². The van der Waals surface area contributed by atoms with Gasteiger partial charge in [-0.25, -0.2) is 0 Å². The highest BCUT2D eigenvalue weighted by molar-refractivity contribution is 5.85. The Hall–Kier alpha value is -1.06. The normalized spacial score (nSPS) is 16.5. The number of likely N-dealkylation sites (tertiary alicyclic amines) is 1. The average molecular weight is 412 g/mol. The number of piperidine rings is 1. The van der Waals surface area contributed by atoms with Gasteiger partial charge < -0.3 is 9.64 Å². The number of rotatable bonds is 11. The van der Waals surface area contributed by atoms with Crippen molar-refractivity contribution in [3.8, 4) is 0 Å². The molecule has 0 spiro atoms. The number of nitrogens with zero attached hydrogens (tertiary/aromatic N) is 1. The fourth-order valence-corrected chi connectivity index (χ4v) is 3.36. The van der Waals surface area contributed by atoms with Crippen LogP contribution in [0.3, 0.4) is 0 Å². The van der Waals surface area contributed by atoms with Crippen LogP contribution in [0.4, 0.5) is 0 Å². The lowest BCUT2D eigenvalue weighted by molar-refractivity contribution is -0.151. The SMILES string of the molecule is CCN1CCC(OC(=O)CCC=C(C)CCC=C(C)CCC=C(C)C)CC1.Cl. The molecule has 0 atom stereocenters. The van der Waals surface area contributed by atoms with Gasteiger partial charge in [0.15, 0.2) is 0 Å². The molecule has 0 bridgehead atoms. The Balaban J connectivity index is 0.00000729. The molecule has 0 saturated carbocycles. The fourth-order valence-electron chi connectivity index (χ4n) is 3.36. The molecule has 0 amide bonds. The molecule has 3 nitrogen and oxygen atoms in total. The van der Waals surface area contributed by atoms with Gasteiger partial charge >= 0.3 is 5.97 Å². The summed E-state index contributed by atoms with van der Waals surface area (Å²) >= 11 is 0. The largest absolute Gasteiger partial charge is 0.462 e. The highest BCUT2D eigenvalue weighted by Gasteiger charge is 2.20. The maximum atomic E-state index is 12.0. The molecular formula is C24H42ClNO2. The van der Waals surface area contributed by atoms with Gasteiger partial charge in [-0.3, -0.25) is 4.79 Å². The van der Waals surface area contributed by atoms with E-state index in [-0.39, 0.29) is 24.5 Å². The van der Waals surface area contributed by atoms with E-state index in [2.05, 4.69) is 57.7 Å². The Morgan fingerprint density at radius 3 is 1.89 bits per heavy atom. The van der Waals surface area contributed by atoms with E-state index in [1.165, 1.54) is 16.7 Å². The van der Waals surface area contributed by atoms with Crippen LogP contribution >= 0.6 is 12.4 Å². The number of esters is 1. The smallest absolute Gasteiger partial charge is 0.306 e. The molecule has 1 aliphatic heterocycles. The summed E-state index contributed by atoms with van der Waals surface area (Å²) in [6.45, 7) is 14.1. The second kappa shape index (κ2) is 15.8. The molecule has 0 unspecified atom stereocenters. The molecule has 1 rings (SSSR count). The van der Waals surface area contributed by atoms with Crippen LogP contribution in [-0.4, -0.2) is 36.6 Å². The van der Waals surface area contributed by atoms with E-state index in [9.17, 15) is 4.79 Å². The highest BCUT2D eigenvalue weighted by atomic mass is 35.5. The zero-order valence-electron chi connectivity index (χ0n) is 18.8. The summed E-state index contributed by atoms with van der Waals surface area (Å²) in [6, 6.07) is 0. The maximum Gasteiger partial charge on any atom is 0.306 e. The predicted molar refractivity (Wildman–Crippen MR) is 123 cm³/mol. The van der Waals surface area contributed by atoms with Crippen LogP contribution in [0.5, 0.6) is 0 Å². The van der Waals surface area contributed by atoms with Gasteiger partial charge in [-0.1, -0.05) is 41.9 Å². The van der Waals surface area contributed by atoms with Crippen molar-refractivity contribution in [2.24, 2.45) is 0 Å². The summed E-state index contributed by atoms with van der Waals surface area (Å²) in [5.74, 6) is -0.0380. The summed E-state index contributed by atoms with van der Waals surface area (Å²) in [6.07, 6.45) is 14.7. The van der Waals surface area contributed by atoms with Gasteiger partial charge in [0.25, 0.3) is 0 Å². The van der Waals surface area contributed by atoms with Crippen LogP contribution in [0.2, 0.25) is 0 Å². The third-order valence-corrected chi connectivity index (χ3v) is 5.24. The molecule has 0 aliphatic carbocycles. The Labute approximate surface area is 179 Å². The molecule has 0 radical (unpaired) electrons. The molecular weight excluding hydrogens is 370 g/mol. The van der Waals surface area contributed by atoms with Crippen LogP contribution in [0.15, 0.2) is 34.9 Å². The van der Waals surface area contributed by atoms with Crippen molar-refractivity contribution in [3.05, 3.63) is 34.9 Å². The quantitative estimate of drug-likeness (QED) is 0.282. The monoisotopic (exact) mass is 411 g/mol. The number of carbonyl (C=O) groups excluding carboxylic acids is 1. The molecule has 0 aromatic carbocycles. The number of allylic oxidation sites excluding steroid dienone is 6. The molecule has 0 aromatic heterocycles. The first-order valence-corrected chi connectivity index (χ1v) is 10.8. The molecule has 1 heterocycles. The van der Waals surface area contributed by atoms with Crippen LogP contribution < -0.4 is 0 Å². The van der Waals surface area contributed by atoms with Crippen LogP contribution in [0.1, 0.15) is 86.0 Å². The molecule has 0 N–H and O–H groups in total. The van der Waals surface area contributed by atoms with Crippen molar-refractivity contribution < 1.29 is 9.53 Å². The van der Waals surface area contributed by atoms with E-state index in [0.717, 1.165) is 64.6 Å². The number of ether oxygens (including phenoxy) is 1. The maximum absolute atomic E-state index is 12.0. The number of hydrogen-bond acceptors (Lipinski definition) is 3. The van der Waals surface area contributed by atoms with E-state index in [4.69, 9.17) is 4.74 Å². The third-order valence-electron chi connectivity index (χ3n) is 5.24. The summed E-state index contributed by atoms with van der Waals surface area (Å²) < 4.78 is 5.62. The Kier molecular flexibility index (Phi) is 15.2. The van der Waals surface area contributed by atoms with Gasteiger partial charge in [-0.15, -0.1) is 12.4 Å². The predicted octanol–water partition coefficient (Wildman–Crippen LogP) is 6.64. The van der Waals surface area contributed by atoms with Crippen molar-refractivity contribution in [3.63, 3.8) is 0 Å². The highest BCUT2D eigenvalue weighted by Crippen LogP contribution is 2.15. The van der Waals surface area contributed by atoms with Gasteiger partial charge in [0.05, 0.1) is 0 Å². The van der Waals surface area contributed by atoms with E-state index in [0.29, 0.717) is 6.42 Å². The zero-order chi connectivity index (χ0) is 20.1. The minimum Gasteiger partial charge on any atom is -0.462 e. The standard InChI is InChI=1S/C24H41NO2.ClH/c1-6-25-18-16-23(17-19-25)27-24(26)15-9-14-22(5)13-8-12-21(4)11-7-10-20(2)3;/h10,12,14,23H,6-9,11,13,15-19H2,1-5H3;1H. The average Bonchev–Trinajstić information content (AvgIpc) is 2.62. The van der Waals surface area contributed by atoms with Crippen molar-refractivity contribution in [2.75, 3.05) is 19.6 Å². The lowest BCUT2D eigenvalue weighted by Gasteiger charge is -2.30. The number of carbonyl (C=O) groups is 1. The number of halogens is 1. The van der Waals surface area contributed by atoms with Crippen molar-refractivity contribution in [1.29, 1.82) is 0 Å². The zero-order valence-corrected chi connectivity index (χ0v) is 19.6. The van der Waals surface area contributed by atoms with Crippen LogP contribution in [0, 0.1) is 0 Å². The molecule has 4 heteroatoms. The summed E-state index contributed by atoms with van der Waals surface area (Å²) in [5, 5.41) is 0. The van der Waals surface area contributed by atoms with E-state index >= 15 is 0 Å². The minimum atomic E-state index is -0.0380. The first kappa shape index (κ1) is 26.9. The Morgan fingerprint density at radius 1 is 0.893 bits per heavy atom. The van der Waals surface area contributed by atoms with E-state index in [1.54, 1.807) is 0 Å². The second-order valence-corrected chi connectivity index (χ2v) is 8.12. The van der Waals surface area contributed by atoms with E-state index in [1.807, 2.05) is 0 Å². The van der Waals surface area contributed by atoms with Gasteiger partial charge in [0.2, 0.25) is 0 Å². The minimum absolute atomic E-state index is 0. The third kappa shape index (κ3) is 13.2. The molecule has 1 saturated heterocycles. The number of hydrogen-bond donors (Lipinski definition) is 0. The van der Waals surface area contributed by atoms with Crippen LogP contribution in [-0.2, 0) is 9.53 Å². The van der Waals surface area contributed by atoms with Gasteiger partial charge in [-0.2, -0.15) is 0 Å². The van der Waals surface area contributed by atoms with Crippen LogP contribution in [0.25, 0.3) is 0 Å². The Bertz CT molecular complexity index is 525. The molecule has 162 valence electrons.